The Hall–Kier alpha value is -1.54. The van der Waals surface area contributed by atoms with Gasteiger partial charge >= 0.3 is 11.7 Å². The van der Waals surface area contributed by atoms with Crippen molar-refractivity contribution in [2.45, 2.75) is 30.9 Å². The van der Waals surface area contributed by atoms with Gasteiger partial charge in [0.05, 0.1) is 24.5 Å². The Bertz CT molecular complexity index is 667. The van der Waals surface area contributed by atoms with Gasteiger partial charge in [-0.1, -0.05) is 0 Å². The van der Waals surface area contributed by atoms with Crippen molar-refractivity contribution in [2.75, 3.05) is 13.7 Å². The molecule has 0 amide bonds. The fourth-order valence-corrected chi connectivity index (χ4v) is 4.23. The summed E-state index contributed by atoms with van der Waals surface area (Å²) < 4.78 is 6.22. The minimum absolute atomic E-state index is 0.191. The zero-order chi connectivity index (χ0) is 15.8. The summed E-state index contributed by atoms with van der Waals surface area (Å²) in [6, 6.07) is 0. The van der Waals surface area contributed by atoms with E-state index in [0.717, 1.165) is 0 Å². The summed E-state index contributed by atoms with van der Waals surface area (Å²) >= 11 is 1.33. The molecule has 1 fully saturated rings. The van der Waals surface area contributed by atoms with Crippen molar-refractivity contribution in [3.63, 3.8) is 0 Å². The van der Waals surface area contributed by atoms with Gasteiger partial charge in [-0.2, -0.15) is 0 Å². The molecule has 3 atom stereocenters. The van der Waals surface area contributed by atoms with E-state index >= 15 is 0 Å². The lowest BCUT2D eigenvalue weighted by atomic mass is 9.83. The van der Waals surface area contributed by atoms with E-state index in [1.54, 1.807) is 13.8 Å². The largest absolute Gasteiger partial charge is 0.469 e. The monoisotopic (exact) mass is 314 g/mol. The molecule has 1 saturated heterocycles. The number of H-pyrrole nitrogens is 1. The molecule has 0 aliphatic carbocycles. The molecule has 2 heterocycles. The number of methoxy groups -OCH3 is 1. The van der Waals surface area contributed by atoms with Crippen LogP contribution in [0.4, 0.5) is 0 Å². The second kappa shape index (κ2) is 5.69. The number of aliphatic hydroxyl groups is 1. The van der Waals surface area contributed by atoms with Crippen LogP contribution in [-0.2, 0) is 9.53 Å². The molecule has 0 radical (unpaired) electrons. The van der Waals surface area contributed by atoms with Crippen molar-refractivity contribution in [1.82, 2.24) is 9.55 Å². The standard InChI is InChI=1S/C13H18N2O5S/c1-7-5-15(12(19)14-10(7)17)9-4-13(2,11(18)20-3)8(6-16)21-9/h5,8-9,16H,4,6H2,1-3H3,(H,14,17,19)/t8?,9-,13+/m0/s1. The lowest BCUT2D eigenvalue weighted by Gasteiger charge is -2.25. The predicted octanol–water partition coefficient (Wildman–Crippen LogP) is 0.0207. The summed E-state index contributed by atoms with van der Waals surface area (Å²) in [5.74, 6) is -0.411. The highest BCUT2D eigenvalue weighted by Gasteiger charge is 2.51. The summed E-state index contributed by atoms with van der Waals surface area (Å²) in [6.07, 6.45) is 1.83. The third kappa shape index (κ3) is 2.65. The van der Waals surface area contributed by atoms with Crippen molar-refractivity contribution < 1.29 is 14.6 Å². The fourth-order valence-electron chi connectivity index (χ4n) is 2.54. The maximum absolute atomic E-state index is 12.0. The number of carbonyl (C=O) groups excluding carboxylic acids is 1. The molecule has 8 heteroatoms. The van der Waals surface area contributed by atoms with Crippen molar-refractivity contribution in [3.8, 4) is 0 Å². The van der Waals surface area contributed by atoms with Gasteiger partial charge in [0.15, 0.2) is 0 Å². The molecule has 1 aromatic rings. The molecule has 0 bridgehead atoms. The van der Waals surface area contributed by atoms with Gasteiger partial charge in [0, 0.05) is 17.0 Å². The van der Waals surface area contributed by atoms with Gasteiger partial charge in [-0.3, -0.25) is 19.1 Å². The Labute approximate surface area is 125 Å². The van der Waals surface area contributed by atoms with Gasteiger partial charge in [0.25, 0.3) is 5.56 Å². The summed E-state index contributed by atoms with van der Waals surface area (Å²) in [7, 11) is 1.30. The molecular formula is C13H18N2O5S. The first-order valence-corrected chi connectivity index (χ1v) is 7.44. The minimum atomic E-state index is -0.873. The van der Waals surface area contributed by atoms with Gasteiger partial charge < -0.3 is 9.84 Å². The number of aromatic amines is 1. The van der Waals surface area contributed by atoms with Crippen molar-refractivity contribution in [3.05, 3.63) is 32.6 Å². The Balaban J connectivity index is 2.41. The van der Waals surface area contributed by atoms with Gasteiger partial charge in [-0.25, -0.2) is 4.79 Å². The van der Waals surface area contributed by atoms with Crippen LogP contribution in [0.5, 0.6) is 0 Å². The molecule has 1 aromatic heterocycles. The van der Waals surface area contributed by atoms with Crippen LogP contribution in [0.2, 0.25) is 0 Å². The third-order valence-electron chi connectivity index (χ3n) is 3.90. The average Bonchev–Trinajstić information content (AvgIpc) is 2.80. The Kier molecular flexibility index (Phi) is 4.29. The van der Waals surface area contributed by atoms with Gasteiger partial charge in [0.1, 0.15) is 0 Å². The highest BCUT2D eigenvalue weighted by atomic mass is 32.2. The van der Waals surface area contributed by atoms with Crippen molar-refractivity contribution in [1.29, 1.82) is 0 Å². The lowest BCUT2D eigenvalue weighted by Crippen LogP contribution is -2.38. The van der Waals surface area contributed by atoms with E-state index in [4.69, 9.17) is 4.74 Å². The molecule has 0 aromatic carbocycles. The number of nitrogens with zero attached hydrogens (tertiary/aromatic N) is 1. The number of carbonyl (C=O) groups is 1. The van der Waals surface area contributed by atoms with Crippen LogP contribution in [0.15, 0.2) is 15.8 Å². The van der Waals surface area contributed by atoms with E-state index in [1.165, 1.54) is 29.6 Å². The van der Waals surface area contributed by atoms with Crippen LogP contribution in [0, 0.1) is 12.3 Å². The quantitative estimate of drug-likeness (QED) is 0.763. The topological polar surface area (TPSA) is 101 Å². The first-order valence-electron chi connectivity index (χ1n) is 6.50. The normalized spacial score (nSPS) is 28.6. The zero-order valence-corrected chi connectivity index (χ0v) is 12.9. The number of aryl methyl sites for hydroxylation is 1. The van der Waals surface area contributed by atoms with Gasteiger partial charge in [-0.05, 0) is 20.3 Å². The van der Waals surface area contributed by atoms with E-state index in [2.05, 4.69) is 4.98 Å². The SMILES string of the molecule is COC(=O)[C@]1(C)C[C@@H](n2cc(C)c(=O)[nH]c2=O)SC1CO. The fraction of sp³-hybridized carbons (Fsp3) is 0.615. The van der Waals surface area contributed by atoms with Gasteiger partial charge in [0.2, 0.25) is 0 Å². The maximum atomic E-state index is 12.0. The molecule has 0 saturated carbocycles. The molecule has 1 unspecified atom stereocenters. The molecule has 1 aliphatic heterocycles. The number of esters is 1. The van der Waals surface area contributed by atoms with Gasteiger partial charge in [-0.15, -0.1) is 11.8 Å². The van der Waals surface area contributed by atoms with Crippen LogP contribution in [0.3, 0.4) is 0 Å². The van der Waals surface area contributed by atoms with Crippen LogP contribution >= 0.6 is 11.8 Å². The highest BCUT2D eigenvalue weighted by molar-refractivity contribution is 8.00. The predicted molar refractivity (Wildman–Crippen MR) is 78.3 cm³/mol. The third-order valence-corrected chi connectivity index (χ3v) is 5.61. The Morgan fingerprint density at radius 2 is 2.29 bits per heavy atom. The number of ether oxygens (including phenoxy) is 1. The summed E-state index contributed by atoms with van der Waals surface area (Å²) in [4.78, 5) is 37.6. The first kappa shape index (κ1) is 15.8. The highest BCUT2D eigenvalue weighted by Crippen LogP contribution is 2.52. The molecule has 2 N–H and O–H groups in total. The summed E-state index contributed by atoms with van der Waals surface area (Å²) in [5.41, 5.74) is -1.40. The number of nitrogens with one attached hydrogen (secondary N) is 1. The number of hydrogen-bond donors (Lipinski definition) is 2. The second-order valence-electron chi connectivity index (χ2n) is 5.35. The summed E-state index contributed by atoms with van der Waals surface area (Å²) in [5, 5.41) is 8.80. The van der Waals surface area contributed by atoms with E-state index in [-0.39, 0.29) is 17.2 Å². The molecule has 21 heavy (non-hydrogen) atoms. The van der Waals surface area contributed by atoms with Crippen molar-refractivity contribution in [2.24, 2.45) is 5.41 Å². The number of thioether (sulfide) groups is 1. The second-order valence-corrected chi connectivity index (χ2v) is 6.74. The number of rotatable bonds is 3. The van der Waals surface area contributed by atoms with Crippen molar-refractivity contribution >= 4 is 17.7 Å². The number of aliphatic hydroxyl groups excluding tert-OH is 1. The molecule has 2 rings (SSSR count). The smallest absolute Gasteiger partial charge is 0.329 e. The van der Waals surface area contributed by atoms with Crippen LogP contribution < -0.4 is 11.2 Å². The first-order chi connectivity index (χ1) is 9.83. The molecular weight excluding hydrogens is 296 g/mol. The van der Waals surface area contributed by atoms with Crippen LogP contribution in [0.25, 0.3) is 0 Å². The van der Waals surface area contributed by atoms with Crippen LogP contribution in [0.1, 0.15) is 24.3 Å². The number of hydrogen-bond acceptors (Lipinski definition) is 6. The molecule has 116 valence electrons. The zero-order valence-electron chi connectivity index (χ0n) is 12.1. The van der Waals surface area contributed by atoms with E-state index in [1.807, 2.05) is 0 Å². The van der Waals surface area contributed by atoms with E-state index < -0.39 is 22.6 Å². The molecule has 1 aliphatic rings. The molecule has 7 nitrogen and oxygen atoms in total. The molecule has 0 spiro atoms. The lowest BCUT2D eigenvalue weighted by molar-refractivity contribution is -0.152. The average molecular weight is 314 g/mol. The maximum Gasteiger partial charge on any atom is 0.329 e. The Morgan fingerprint density at radius 1 is 1.62 bits per heavy atom. The Morgan fingerprint density at radius 3 is 2.86 bits per heavy atom. The van der Waals surface area contributed by atoms with Crippen LogP contribution in [-0.4, -0.2) is 39.6 Å². The minimum Gasteiger partial charge on any atom is -0.469 e. The van der Waals surface area contributed by atoms with E-state index in [0.29, 0.717) is 12.0 Å². The summed E-state index contributed by atoms with van der Waals surface area (Å²) in [6.45, 7) is 3.14. The van der Waals surface area contributed by atoms with E-state index in [9.17, 15) is 19.5 Å². The number of aromatic nitrogens is 2.